The molecule has 20 heavy (non-hydrogen) atoms. The van der Waals surface area contributed by atoms with Gasteiger partial charge in [0.1, 0.15) is 17.3 Å². The summed E-state index contributed by atoms with van der Waals surface area (Å²) in [6.07, 6.45) is 7.24. The maximum absolute atomic E-state index is 6.21. The molecule has 0 aliphatic heterocycles. The maximum atomic E-state index is 6.21. The zero-order chi connectivity index (χ0) is 14.7. The first-order valence-corrected chi connectivity index (χ1v) is 7.49. The summed E-state index contributed by atoms with van der Waals surface area (Å²) in [6.45, 7) is 2.53. The van der Waals surface area contributed by atoms with E-state index in [-0.39, 0.29) is 0 Å². The summed E-state index contributed by atoms with van der Waals surface area (Å²) in [7, 11) is 0. The average Bonchev–Trinajstić information content (AvgIpc) is 2.69. The van der Waals surface area contributed by atoms with Gasteiger partial charge < -0.3 is 10.3 Å². The molecule has 0 saturated heterocycles. The number of rotatable bonds is 4. The van der Waals surface area contributed by atoms with Crippen LogP contribution in [0.5, 0.6) is 0 Å². The molecule has 2 rings (SSSR count). The molecule has 0 unspecified atom stereocenters. The second-order valence-electron chi connectivity index (χ2n) is 4.43. The molecule has 1 aromatic heterocycles. The Hall–Kier alpha value is -1.44. The first-order chi connectivity index (χ1) is 9.58. The number of nitrogens with zero attached hydrogens (tertiary/aromatic N) is 2. The quantitative estimate of drug-likeness (QED) is 0.841. The molecule has 0 amide bonds. The van der Waals surface area contributed by atoms with E-state index in [0.29, 0.717) is 17.4 Å². The van der Waals surface area contributed by atoms with E-state index in [1.807, 2.05) is 22.8 Å². The second-order valence-corrected chi connectivity index (χ2v) is 5.72. The van der Waals surface area contributed by atoms with Crippen LogP contribution in [0.4, 0.5) is 5.82 Å². The predicted octanol–water partition coefficient (Wildman–Crippen LogP) is 4.13. The Bertz CT molecular complexity index is 670. The van der Waals surface area contributed by atoms with E-state index >= 15 is 0 Å². The minimum atomic E-state index is 0.430. The minimum Gasteiger partial charge on any atom is -0.383 e. The normalized spacial score (nSPS) is 10.5. The highest BCUT2D eigenvalue weighted by Gasteiger charge is 2.17. The van der Waals surface area contributed by atoms with Crippen LogP contribution in [0.1, 0.15) is 19.2 Å². The van der Waals surface area contributed by atoms with E-state index < -0.39 is 0 Å². The van der Waals surface area contributed by atoms with Crippen LogP contribution in [0.3, 0.4) is 0 Å². The number of nitrogen functional groups attached to an aromatic ring is 1. The number of nitrogens with two attached hydrogens (primary N) is 1. The van der Waals surface area contributed by atoms with Crippen molar-refractivity contribution in [3.05, 3.63) is 33.5 Å². The third kappa shape index (κ3) is 2.84. The lowest BCUT2D eigenvalue weighted by Crippen LogP contribution is -2.06. The van der Waals surface area contributed by atoms with Gasteiger partial charge in [-0.15, -0.1) is 6.42 Å². The zero-order valence-corrected chi connectivity index (χ0v) is 13.5. The number of halogens is 2. The van der Waals surface area contributed by atoms with Crippen molar-refractivity contribution in [1.29, 1.82) is 0 Å². The van der Waals surface area contributed by atoms with Gasteiger partial charge in [0.2, 0.25) is 0 Å². The molecule has 0 bridgehead atoms. The SMILES string of the molecule is C#CCn1c(CCC)nc(-c2ccc(Cl)cc2Br)c1N. The predicted molar refractivity (Wildman–Crippen MR) is 87.6 cm³/mol. The van der Waals surface area contributed by atoms with E-state index in [4.69, 9.17) is 23.8 Å². The Morgan fingerprint density at radius 2 is 2.25 bits per heavy atom. The van der Waals surface area contributed by atoms with E-state index in [2.05, 4.69) is 33.8 Å². The first kappa shape index (κ1) is 15.0. The fourth-order valence-corrected chi connectivity index (χ4v) is 2.95. The van der Waals surface area contributed by atoms with Crippen molar-refractivity contribution in [2.24, 2.45) is 0 Å². The average molecular weight is 353 g/mol. The van der Waals surface area contributed by atoms with E-state index in [1.165, 1.54) is 0 Å². The molecule has 5 heteroatoms. The molecule has 1 heterocycles. The molecule has 0 radical (unpaired) electrons. The van der Waals surface area contributed by atoms with Gasteiger partial charge in [-0.25, -0.2) is 4.98 Å². The minimum absolute atomic E-state index is 0.430. The summed E-state index contributed by atoms with van der Waals surface area (Å²) in [5, 5.41) is 0.663. The number of hydrogen-bond donors (Lipinski definition) is 1. The summed E-state index contributed by atoms with van der Waals surface area (Å²) in [5.74, 6) is 4.13. The van der Waals surface area contributed by atoms with E-state index in [1.54, 1.807) is 0 Å². The molecule has 0 saturated carbocycles. The van der Waals surface area contributed by atoms with Gasteiger partial charge >= 0.3 is 0 Å². The van der Waals surface area contributed by atoms with Crippen molar-refractivity contribution in [3.63, 3.8) is 0 Å². The van der Waals surface area contributed by atoms with Gasteiger partial charge in [-0.05, 0) is 18.6 Å². The molecule has 0 atom stereocenters. The number of terminal acetylenes is 1. The van der Waals surface area contributed by atoms with Crippen LogP contribution in [-0.4, -0.2) is 9.55 Å². The summed E-state index contributed by atoms with van der Waals surface area (Å²) < 4.78 is 2.75. The Morgan fingerprint density at radius 1 is 1.50 bits per heavy atom. The van der Waals surface area contributed by atoms with Gasteiger partial charge in [-0.3, -0.25) is 0 Å². The van der Waals surface area contributed by atoms with Crippen LogP contribution in [0, 0.1) is 12.3 Å². The van der Waals surface area contributed by atoms with Crippen molar-refractivity contribution >= 4 is 33.3 Å². The number of aromatic nitrogens is 2. The highest BCUT2D eigenvalue weighted by Crippen LogP contribution is 2.34. The highest BCUT2D eigenvalue weighted by atomic mass is 79.9. The lowest BCUT2D eigenvalue weighted by Gasteiger charge is -2.06. The third-order valence-corrected chi connectivity index (χ3v) is 3.89. The summed E-state index contributed by atoms with van der Waals surface area (Å²) in [4.78, 5) is 4.65. The van der Waals surface area contributed by atoms with Crippen molar-refractivity contribution < 1.29 is 0 Å². The Kier molecular flexibility index (Phi) is 4.74. The fraction of sp³-hybridized carbons (Fsp3) is 0.267. The van der Waals surface area contributed by atoms with Gasteiger partial charge in [0, 0.05) is 21.5 Å². The van der Waals surface area contributed by atoms with Crippen molar-refractivity contribution in [1.82, 2.24) is 9.55 Å². The molecule has 0 fully saturated rings. The van der Waals surface area contributed by atoms with Crippen molar-refractivity contribution in [2.75, 3.05) is 5.73 Å². The van der Waals surface area contributed by atoms with Gasteiger partial charge in [0.05, 0.1) is 6.54 Å². The zero-order valence-electron chi connectivity index (χ0n) is 11.2. The molecular weight excluding hydrogens is 338 g/mol. The van der Waals surface area contributed by atoms with Gasteiger partial charge in [-0.1, -0.05) is 46.4 Å². The number of benzene rings is 1. The lowest BCUT2D eigenvalue weighted by atomic mass is 10.1. The van der Waals surface area contributed by atoms with E-state index in [0.717, 1.165) is 34.4 Å². The number of hydrogen-bond acceptors (Lipinski definition) is 2. The summed E-state index contributed by atoms with van der Waals surface area (Å²) in [6, 6.07) is 5.55. The molecule has 2 aromatic rings. The van der Waals surface area contributed by atoms with Gasteiger partial charge in [-0.2, -0.15) is 0 Å². The molecule has 1 aromatic carbocycles. The molecule has 0 spiro atoms. The second kappa shape index (κ2) is 6.34. The van der Waals surface area contributed by atoms with Crippen LogP contribution < -0.4 is 5.73 Å². The Balaban J connectivity index is 2.57. The van der Waals surface area contributed by atoms with Crippen LogP contribution in [-0.2, 0) is 13.0 Å². The third-order valence-electron chi connectivity index (χ3n) is 3.00. The number of anilines is 1. The topological polar surface area (TPSA) is 43.8 Å². The van der Waals surface area contributed by atoms with Crippen LogP contribution >= 0.6 is 27.5 Å². The van der Waals surface area contributed by atoms with Gasteiger partial charge in [0.25, 0.3) is 0 Å². The standard InChI is InChI=1S/C15H15BrClN3/c1-3-5-13-19-14(15(18)20(13)8-4-2)11-7-6-10(17)9-12(11)16/h2,6-7,9H,3,5,8,18H2,1H3. The van der Waals surface area contributed by atoms with Crippen molar-refractivity contribution in [2.45, 2.75) is 26.3 Å². The molecule has 0 aliphatic carbocycles. The molecular formula is C15H15BrClN3. The first-order valence-electron chi connectivity index (χ1n) is 6.32. The van der Waals surface area contributed by atoms with Crippen LogP contribution in [0.25, 0.3) is 11.3 Å². The maximum Gasteiger partial charge on any atom is 0.132 e. The van der Waals surface area contributed by atoms with E-state index in [9.17, 15) is 0 Å². The number of aryl methyl sites for hydroxylation is 1. The van der Waals surface area contributed by atoms with Gasteiger partial charge in [0.15, 0.2) is 0 Å². The Morgan fingerprint density at radius 3 is 2.85 bits per heavy atom. The number of imidazole rings is 1. The molecule has 0 aliphatic rings. The van der Waals surface area contributed by atoms with Crippen LogP contribution in [0.2, 0.25) is 5.02 Å². The summed E-state index contributed by atoms with van der Waals surface area (Å²) >= 11 is 9.47. The van der Waals surface area contributed by atoms with Crippen LogP contribution in [0.15, 0.2) is 22.7 Å². The fourth-order valence-electron chi connectivity index (χ4n) is 2.08. The summed E-state index contributed by atoms with van der Waals surface area (Å²) in [5.41, 5.74) is 7.87. The smallest absolute Gasteiger partial charge is 0.132 e. The molecule has 104 valence electrons. The lowest BCUT2D eigenvalue weighted by molar-refractivity contribution is 0.733. The largest absolute Gasteiger partial charge is 0.383 e. The monoisotopic (exact) mass is 351 g/mol. The molecule has 2 N–H and O–H groups in total. The highest BCUT2D eigenvalue weighted by molar-refractivity contribution is 9.10. The van der Waals surface area contributed by atoms with Crippen molar-refractivity contribution in [3.8, 4) is 23.6 Å². The Labute approximate surface area is 132 Å². The molecule has 3 nitrogen and oxygen atoms in total.